The van der Waals surface area contributed by atoms with Crippen molar-refractivity contribution in [2.45, 2.75) is 6.92 Å². The summed E-state index contributed by atoms with van der Waals surface area (Å²) in [5.74, 6) is -2.12. The minimum Gasteiger partial charge on any atom is -0.339 e. The maximum atomic E-state index is 11.8. The van der Waals surface area contributed by atoms with E-state index in [9.17, 15) is 14.4 Å². The summed E-state index contributed by atoms with van der Waals surface area (Å²) < 4.78 is 0.890. The molecule has 2 aromatic rings. The average Bonchev–Trinajstić information content (AvgIpc) is 2.54. The monoisotopic (exact) mass is 389 g/mol. The highest BCUT2D eigenvalue weighted by atomic mass is 79.9. The second-order valence-electron chi connectivity index (χ2n) is 5.06. The van der Waals surface area contributed by atoms with Gasteiger partial charge in [0.1, 0.15) is 0 Å². The van der Waals surface area contributed by atoms with E-state index in [4.69, 9.17) is 0 Å². The van der Waals surface area contributed by atoms with Crippen LogP contribution in [-0.2, 0) is 14.4 Å². The summed E-state index contributed by atoms with van der Waals surface area (Å²) in [6.07, 6.45) is 0. The van der Waals surface area contributed by atoms with Gasteiger partial charge in [-0.2, -0.15) is 0 Å². The Morgan fingerprint density at radius 2 is 1.62 bits per heavy atom. The molecule has 0 aliphatic rings. The zero-order valence-corrected chi connectivity index (χ0v) is 14.5. The zero-order chi connectivity index (χ0) is 17.5. The van der Waals surface area contributed by atoms with Crippen LogP contribution >= 0.6 is 15.9 Å². The predicted octanol–water partition coefficient (Wildman–Crippen LogP) is 2.45. The normalized spacial score (nSPS) is 9.92. The lowest BCUT2D eigenvalue weighted by Crippen LogP contribution is -2.39. The van der Waals surface area contributed by atoms with Crippen molar-refractivity contribution in [3.8, 4) is 0 Å². The topological polar surface area (TPSA) is 87.3 Å². The lowest BCUT2D eigenvalue weighted by atomic mass is 10.2. The summed E-state index contributed by atoms with van der Waals surface area (Å²) in [5.41, 5.74) is 2.08. The Kier molecular flexibility index (Phi) is 6.08. The molecule has 0 spiro atoms. The number of aryl methyl sites for hydroxylation is 1. The van der Waals surface area contributed by atoms with Crippen molar-refractivity contribution in [2.24, 2.45) is 0 Å². The van der Waals surface area contributed by atoms with Crippen LogP contribution < -0.4 is 16.0 Å². The standard InChI is InChI=1S/C17H16BrN3O3/c1-11-3-2-4-14(9-11)21-17(24)16(23)19-10-15(22)20-13-7-5-12(18)6-8-13/h2-9H,10H2,1H3,(H,19,23)(H,20,22)(H,21,24). The van der Waals surface area contributed by atoms with Gasteiger partial charge in [-0.15, -0.1) is 0 Å². The highest BCUT2D eigenvalue weighted by molar-refractivity contribution is 9.10. The van der Waals surface area contributed by atoms with Crippen molar-refractivity contribution in [1.29, 1.82) is 0 Å². The molecular weight excluding hydrogens is 374 g/mol. The molecule has 0 heterocycles. The molecule has 0 saturated carbocycles. The molecule has 6 nitrogen and oxygen atoms in total. The third-order valence-electron chi connectivity index (χ3n) is 3.02. The summed E-state index contributed by atoms with van der Waals surface area (Å²) in [6.45, 7) is 1.58. The first kappa shape index (κ1) is 17.7. The molecule has 0 fully saturated rings. The summed E-state index contributed by atoms with van der Waals surface area (Å²) in [4.78, 5) is 35.3. The number of halogens is 1. The predicted molar refractivity (Wildman–Crippen MR) is 95.6 cm³/mol. The van der Waals surface area contributed by atoms with E-state index in [-0.39, 0.29) is 6.54 Å². The van der Waals surface area contributed by atoms with Crippen LogP contribution in [0.4, 0.5) is 11.4 Å². The van der Waals surface area contributed by atoms with Gasteiger partial charge in [-0.25, -0.2) is 0 Å². The molecule has 0 radical (unpaired) electrons. The van der Waals surface area contributed by atoms with Crippen molar-refractivity contribution in [1.82, 2.24) is 5.32 Å². The van der Waals surface area contributed by atoms with E-state index in [0.29, 0.717) is 11.4 Å². The Labute approximate surface area is 147 Å². The van der Waals surface area contributed by atoms with E-state index in [1.165, 1.54) is 0 Å². The quantitative estimate of drug-likeness (QED) is 0.701. The van der Waals surface area contributed by atoms with Gasteiger partial charge < -0.3 is 16.0 Å². The van der Waals surface area contributed by atoms with Gasteiger partial charge in [0.2, 0.25) is 5.91 Å². The summed E-state index contributed by atoms with van der Waals surface area (Å²) in [5, 5.41) is 7.37. The Hall–Kier alpha value is -2.67. The van der Waals surface area contributed by atoms with Crippen LogP contribution in [0, 0.1) is 6.92 Å². The van der Waals surface area contributed by atoms with Crippen molar-refractivity contribution in [3.05, 3.63) is 58.6 Å². The summed E-state index contributed by atoms with van der Waals surface area (Å²) in [7, 11) is 0. The van der Waals surface area contributed by atoms with E-state index in [1.54, 1.807) is 42.5 Å². The van der Waals surface area contributed by atoms with Crippen LogP contribution in [0.2, 0.25) is 0 Å². The second-order valence-corrected chi connectivity index (χ2v) is 5.98. The lowest BCUT2D eigenvalue weighted by molar-refractivity contribution is -0.136. The third kappa shape index (κ3) is 5.51. The zero-order valence-electron chi connectivity index (χ0n) is 12.9. The number of amides is 3. The van der Waals surface area contributed by atoms with E-state index >= 15 is 0 Å². The molecule has 3 amide bonds. The van der Waals surface area contributed by atoms with E-state index in [1.807, 2.05) is 13.0 Å². The maximum absolute atomic E-state index is 11.8. The minimum atomic E-state index is -0.873. The Bertz CT molecular complexity index is 760. The average molecular weight is 390 g/mol. The van der Waals surface area contributed by atoms with Gasteiger partial charge in [0.15, 0.2) is 0 Å². The van der Waals surface area contributed by atoms with Gasteiger partial charge >= 0.3 is 11.8 Å². The number of benzene rings is 2. The number of rotatable bonds is 4. The van der Waals surface area contributed by atoms with Gasteiger partial charge in [0, 0.05) is 15.8 Å². The first-order valence-electron chi connectivity index (χ1n) is 7.15. The van der Waals surface area contributed by atoms with Crippen LogP contribution in [0.3, 0.4) is 0 Å². The number of anilines is 2. The molecule has 0 saturated heterocycles. The van der Waals surface area contributed by atoms with Crippen LogP contribution in [0.25, 0.3) is 0 Å². The molecule has 0 atom stereocenters. The summed E-state index contributed by atoms with van der Waals surface area (Å²) >= 11 is 3.29. The highest BCUT2D eigenvalue weighted by Crippen LogP contribution is 2.13. The molecule has 124 valence electrons. The fourth-order valence-corrected chi connectivity index (χ4v) is 2.15. The van der Waals surface area contributed by atoms with E-state index in [0.717, 1.165) is 10.0 Å². The van der Waals surface area contributed by atoms with Crippen molar-refractivity contribution in [3.63, 3.8) is 0 Å². The third-order valence-corrected chi connectivity index (χ3v) is 3.55. The van der Waals surface area contributed by atoms with Gasteiger partial charge in [-0.1, -0.05) is 28.1 Å². The van der Waals surface area contributed by atoms with Gasteiger partial charge in [0.25, 0.3) is 0 Å². The molecule has 0 unspecified atom stereocenters. The molecule has 3 N–H and O–H groups in total. The number of hydrogen-bond donors (Lipinski definition) is 3. The molecule has 24 heavy (non-hydrogen) atoms. The van der Waals surface area contributed by atoms with Crippen LogP contribution in [0.15, 0.2) is 53.0 Å². The summed E-state index contributed by atoms with van der Waals surface area (Å²) in [6, 6.07) is 14.1. The number of nitrogens with one attached hydrogen (secondary N) is 3. The second kappa shape index (κ2) is 8.26. The van der Waals surface area contributed by atoms with Crippen LogP contribution in [0.5, 0.6) is 0 Å². The molecular formula is C17H16BrN3O3. The molecule has 0 aromatic heterocycles. The van der Waals surface area contributed by atoms with Crippen LogP contribution in [-0.4, -0.2) is 24.3 Å². The SMILES string of the molecule is Cc1cccc(NC(=O)C(=O)NCC(=O)Nc2ccc(Br)cc2)c1. The fraction of sp³-hybridized carbons (Fsp3) is 0.118. The maximum Gasteiger partial charge on any atom is 0.313 e. The first-order chi connectivity index (χ1) is 11.4. The van der Waals surface area contributed by atoms with Gasteiger partial charge in [-0.3, -0.25) is 14.4 Å². The number of carbonyl (C=O) groups excluding carboxylic acids is 3. The van der Waals surface area contributed by atoms with Crippen LogP contribution in [0.1, 0.15) is 5.56 Å². The van der Waals surface area contributed by atoms with Crippen molar-refractivity contribution >= 4 is 45.0 Å². The first-order valence-corrected chi connectivity index (χ1v) is 7.94. The number of hydrogen-bond acceptors (Lipinski definition) is 3. The van der Waals surface area contributed by atoms with Gasteiger partial charge in [-0.05, 0) is 48.9 Å². The van der Waals surface area contributed by atoms with E-state index in [2.05, 4.69) is 31.9 Å². The lowest BCUT2D eigenvalue weighted by Gasteiger charge is -2.08. The molecule has 2 aromatic carbocycles. The largest absolute Gasteiger partial charge is 0.339 e. The Balaban J connectivity index is 1.80. The number of carbonyl (C=O) groups is 3. The molecule has 7 heteroatoms. The molecule has 0 aliphatic carbocycles. The molecule has 0 bridgehead atoms. The molecule has 0 aliphatic heterocycles. The smallest absolute Gasteiger partial charge is 0.313 e. The Morgan fingerprint density at radius 3 is 2.29 bits per heavy atom. The van der Waals surface area contributed by atoms with Crippen molar-refractivity contribution in [2.75, 3.05) is 17.2 Å². The Morgan fingerprint density at radius 1 is 0.917 bits per heavy atom. The minimum absolute atomic E-state index is 0.296. The fourth-order valence-electron chi connectivity index (χ4n) is 1.89. The highest BCUT2D eigenvalue weighted by Gasteiger charge is 2.14. The van der Waals surface area contributed by atoms with Gasteiger partial charge in [0.05, 0.1) is 6.54 Å². The van der Waals surface area contributed by atoms with Crippen molar-refractivity contribution < 1.29 is 14.4 Å². The molecule has 2 rings (SSSR count). The van der Waals surface area contributed by atoms with E-state index < -0.39 is 17.7 Å².